The Morgan fingerprint density at radius 1 is 1.15 bits per heavy atom. The van der Waals surface area contributed by atoms with E-state index in [0.29, 0.717) is 16.3 Å². The standard InChI is InChI=1S/C19H17N3O4S/c1-12-6-2-3-7-13(12)18-21-17(26-22-18)10-25-19(24)14-8-4-5-9-15(14)27-11-16(20)23/h2-9H,10-11H2,1H3,(H2,20,23). The lowest BCUT2D eigenvalue weighted by Gasteiger charge is -2.07. The van der Waals surface area contributed by atoms with E-state index in [9.17, 15) is 9.59 Å². The summed E-state index contributed by atoms with van der Waals surface area (Å²) in [5, 5.41) is 3.93. The molecule has 27 heavy (non-hydrogen) atoms. The number of thioether (sulfide) groups is 1. The largest absolute Gasteiger partial charge is 0.452 e. The van der Waals surface area contributed by atoms with Crippen molar-refractivity contribution in [2.75, 3.05) is 5.75 Å². The molecule has 0 aliphatic heterocycles. The Labute approximate surface area is 159 Å². The lowest BCUT2D eigenvalue weighted by molar-refractivity contribution is -0.115. The zero-order valence-electron chi connectivity index (χ0n) is 14.5. The molecule has 0 spiro atoms. The summed E-state index contributed by atoms with van der Waals surface area (Å²) in [5.41, 5.74) is 7.38. The summed E-state index contributed by atoms with van der Waals surface area (Å²) < 4.78 is 10.4. The number of hydrogen-bond acceptors (Lipinski definition) is 7. The van der Waals surface area contributed by atoms with E-state index < -0.39 is 11.9 Å². The molecule has 0 saturated heterocycles. The molecule has 0 radical (unpaired) electrons. The van der Waals surface area contributed by atoms with Gasteiger partial charge >= 0.3 is 5.97 Å². The third kappa shape index (κ3) is 4.73. The molecule has 3 rings (SSSR count). The van der Waals surface area contributed by atoms with Crippen LogP contribution in [-0.2, 0) is 16.1 Å². The fourth-order valence-electron chi connectivity index (χ4n) is 2.36. The molecule has 7 nitrogen and oxygen atoms in total. The number of carbonyl (C=O) groups excluding carboxylic acids is 2. The first-order valence-electron chi connectivity index (χ1n) is 8.10. The Morgan fingerprint density at radius 3 is 2.67 bits per heavy atom. The molecule has 0 atom stereocenters. The van der Waals surface area contributed by atoms with Gasteiger partial charge in [-0.15, -0.1) is 11.8 Å². The molecule has 0 saturated carbocycles. The smallest absolute Gasteiger partial charge is 0.339 e. The number of hydrogen-bond donors (Lipinski definition) is 1. The zero-order chi connectivity index (χ0) is 19.2. The van der Waals surface area contributed by atoms with Crippen LogP contribution in [0.15, 0.2) is 57.9 Å². The van der Waals surface area contributed by atoms with Crippen LogP contribution in [0.1, 0.15) is 21.8 Å². The summed E-state index contributed by atoms with van der Waals surface area (Å²) in [6, 6.07) is 14.5. The molecule has 0 aliphatic carbocycles. The summed E-state index contributed by atoms with van der Waals surface area (Å²) in [6.45, 7) is 1.80. The number of nitrogens with zero attached hydrogens (tertiary/aromatic N) is 2. The Morgan fingerprint density at radius 2 is 1.89 bits per heavy atom. The maximum absolute atomic E-state index is 12.4. The van der Waals surface area contributed by atoms with Gasteiger partial charge in [-0.2, -0.15) is 4.98 Å². The average Bonchev–Trinajstić information content (AvgIpc) is 3.14. The number of aryl methyl sites for hydroxylation is 1. The summed E-state index contributed by atoms with van der Waals surface area (Å²) in [5.74, 6) is -0.287. The molecule has 8 heteroatoms. The van der Waals surface area contributed by atoms with Gasteiger partial charge < -0.3 is 15.0 Å². The predicted octanol–water partition coefficient (Wildman–Crippen LogP) is 2.98. The average molecular weight is 383 g/mol. The minimum absolute atomic E-state index is 0.0771. The molecule has 0 fully saturated rings. The van der Waals surface area contributed by atoms with Crippen LogP contribution >= 0.6 is 11.8 Å². The number of aromatic nitrogens is 2. The minimum atomic E-state index is -0.543. The second kappa shape index (κ2) is 8.50. The highest BCUT2D eigenvalue weighted by Crippen LogP contribution is 2.24. The van der Waals surface area contributed by atoms with Gasteiger partial charge in [0.15, 0.2) is 6.61 Å². The molecule has 3 aromatic rings. The third-order valence-corrected chi connectivity index (χ3v) is 4.75. The number of rotatable bonds is 7. The normalized spacial score (nSPS) is 10.6. The van der Waals surface area contributed by atoms with Crippen molar-refractivity contribution in [1.82, 2.24) is 10.1 Å². The molecule has 1 heterocycles. The molecule has 2 N–H and O–H groups in total. The van der Waals surface area contributed by atoms with E-state index in [2.05, 4.69) is 10.1 Å². The predicted molar refractivity (Wildman–Crippen MR) is 100.0 cm³/mol. The quantitative estimate of drug-likeness (QED) is 0.493. The number of amides is 1. The fraction of sp³-hybridized carbons (Fsp3) is 0.158. The first-order valence-corrected chi connectivity index (χ1v) is 9.09. The van der Waals surface area contributed by atoms with Gasteiger partial charge in [-0.1, -0.05) is 41.6 Å². The van der Waals surface area contributed by atoms with Crippen LogP contribution in [0.25, 0.3) is 11.4 Å². The van der Waals surface area contributed by atoms with E-state index in [4.69, 9.17) is 15.0 Å². The summed E-state index contributed by atoms with van der Waals surface area (Å²) >= 11 is 1.18. The van der Waals surface area contributed by atoms with Crippen molar-refractivity contribution in [2.24, 2.45) is 5.73 Å². The molecular formula is C19H17N3O4S. The van der Waals surface area contributed by atoms with Gasteiger partial charge in [-0.3, -0.25) is 4.79 Å². The first kappa shape index (κ1) is 18.7. The molecule has 1 amide bonds. The Bertz CT molecular complexity index is 971. The molecule has 138 valence electrons. The van der Waals surface area contributed by atoms with Gasteiger partial charge in [0.25, 0.3) is 5.89 Å². The minimum Gasteiger partial charge on any atom is -0.452 e. The maximum Gasteiger partial charge on any atom is 0.339 e. The van der Waals surface area contributed by atoms with Crippen molar-refractivity contribution in [3.63, 3.8) is 0 Å². The van der Waals surface area contributed by atoms with E-state index in [1.807, 2.05) is 31.2 Å². The van der Waals surface area contributed by atoms with E-state index in [0.717, 1.165) is 11.1 Å². The van der Waals surface area contributed by atoms with E-state index in [-0.39, 0.29) is 18.3 Å². The number of carbonyl (C=O) groups is 2. The SMILES string of the molecule is Cc1ccccc1-c1noc(COC(=O)c2ccccc2SCC(N)=O)n1. The van der Waals surface area contributed by atoms with Gasteiger partial charge in [0.05, 0.1) is 11.3 Å². The first-order chi connectivity index (χ1) is 13.0. The number of primary amides is 1. The van der Waals surface area contributed by atoms with Crippen LogP contribution < -0.4 is 5.73 Å². The molecule has 1 aromatic heterocycles. The van der Waals surface area contributed by atoms with Crippen LogP contribution in [0, 0.1) is 6.92 Å². The monoisotopic (exact) mass is 383 g/mol. The lowest BCUT2D eigenvalue weighted by atomic mass is 10.1. The van der Waals surface area contributed by atoms with Gasteiger partial charge in [-0.25, -0.2) is 4.79 Å². The summed E-state index contributed by atoms with van der Waals surface area (Å²) in [6.07, 6.45) is 0. The van der Waals surface area contributed by atoms with Crippen molar-refractivity contribution in [3.05, 3.63) is 65.5 Å². The maximum atomic E-state index is 12.4. The number of nitrogens with two attached hydrogens (primary N) is 1. The second-order valence-corrected chi connectivity index (χ2v) is 6.67. The highest BCUT2D eigenvalue weighted by Gasteiger charge is 2.16. The summed E-state index contributed by atoms with van der Waals surface area (Å²) in [7, 11) is 0. The van der Waals surface area contributed by atoms with Crippen molar-refractivity contribution in [3.8, 4) is 11.4 Å². The van der Waals surface area contributed by atoms with Crippen LogP contribution in [-0.4, -0.2) is 27.8 Å². The van der Waals surface area contributed by atoms with Gasteiger partial charge in [0, 0.05) is 10.5 Å². The van der Waals surface area contributed by atoms with Gasteiger partial charge in [0.1, 0.15) is 0 Å². The fourth-order valence-corrected chi connectivity index (χ4v) is 3.14. The molecule has 0 bridgehead atoms. The van der Waals surface area contributed by atoms with Gasteiger partial charge in [0.2, 0.25) is 11.7 Å². The number of ether oxygens (including phenoxy) is 1. The molecular weight excluding hydrogens is 366 g/mol. The highest BCUT2D eigenvalue weighted by molar-refractivity contribution is 8.00. The summed E-state index contributed by atoms with van der Waals surface area (Å²) in [4.78, 5) is 28.2. The zero-order valence-corrected chi connectivity index (χ0v) is 15.4. The van der Waals surface area contributed by atoms with Crippen molar-refractivity contribution in [2.45, 2.75) is 18.4 Å². The second-order valence-electron chi connectivity index (χ2n) is 5.65. The van der Waals surface area contributed by atoms with E-state index >= 15 is 0 Å². The van der Waals surface area contributed by atoms with E-state index in [1.54, 1.807) is 24.3 Å². The van der Waals surface area contributed by atoms with Crippen molar-refractivity contribution < 1.29 is 18.8 Å². The molecule has 2 aromatic carbocycles. The molecule has 0 aliphatic rings. The van der Waals surface area contributed by atoms with E-state index in [1.165, 1.54) is 11.8 Å². The third-order valence-electron chi connectivity index (χ3n) is 3.66. The number of benzene rings is 2. The van der Waals surface area contributed by atoms with Crippen LogP contribution in [0.3, 0.4) is 0 Å². The van der Waals surface area contributed by atoms with Crippen molar-refractivity contribution in [1.29, 1.82) is 0 Å². The van der Waals surface area contributed by atoms with Crippen molar-refractivity contribution >= 4 is 23.6 Å². The Balaban J connectivity index is 1.67. The Kier molecular flexibility index (Phi) is 5.87. The number of esters is 1. The van der Waals surface area contributed by atoms with Crippen LogP contribution in [0.2, 0.25) is 0 Å². The molecule has 0 unspecified atom stereocenters. The highest BCUT2D eigenvalue weighted by atomic mass is 32.2. The van der Waals surface area contributed by atoms with Gasteiger partial charge in [-0.05, 0) is 24.6 Å². The Hall–Kier alpha value is -3.13. The topological polar surface area (TPSA) is 108 Å². The van der Waals surface area contributed by atoms with Crippen LogP contribution in [0.5, 0.6) is 0 Å². The van der Waals surface area contributed by atoms with Crippen LogP contribution in [0.4, 0.5) is 0 Å². The lowest BCUT2D eigenvalue weighted by Crippen LogP contribution is -2.14.